The van der Waals surface area contributed by atoms with Crippen LogP contribution in [-0.2, 0) is 4.74 Å². The summed E-state index contributed by atoms with van der Waals surface area (Å²) in [5, 5.41) is 2.62. The first-order chi connectivity index (χ1) is 10.2. The van der Waals surface area contributed by atoms with Gasteiger partial charge in [-0.05, 0) is 44.7 Å². The van der Waals surface area contributed by atoms with Crippen LogP contribution in [0.15, 0.2) is 36.2 Å². The van der Waals surface area contributed by atoms with E-state index in [1.165, 1.54) is 6.08 Å². The molecule has 1 amide bonds. The van der Waals surface area contributed by atoms with Gasteiger partial charge in [0.05, 0.1) is 6.04 Å². The van der Waals surface area contributed by atoms with Crippen molar-refractivity contribution in [3.05, 3.63) is 41.7 Å². The quantitative estimate of drug-likeness (QED) is 0.837. The van der Waals surface area contributed by atoms with Crippen molar-refractivity contribution in [3.8, 4) is 0 Å². The van der Waals surface area contributed by atoms with E-state index in [4.69, 9.17) is 4.74 Å². The number of carbonyl (C=O) groups is 1. The number of carbonyl (C=O) groups excluding carboxylic acids is 1. The van der Waals surface area contributed by atoms with E-state index in [0.717, 1.165) is 5.56 Å². The molecule has 1 unspecified atom stereocenters. The molecular formula is C18H26FNO2. The van der Waals surface area contributed by atoms with E-state index in [2.05, 4.69) is 5.32 Å². The van der Waals surface area contributed by atoms with Gasteiger partial charge in [0.25, 0.3) is 0 Å². The van der Waals surface area contributed by atoms with Crippen molar-refractivity contribution in [1.82, 2.24) is 5.32 Å². The Bertz CT molecular complexity index is 504. The molecule has 0 aromatic heterocycles. The molecule has 0 radical (unpaired) electrons. The molecule has 1 N–H and O–H groups in total. The summed E-state index contributed by atoms with van der Waals surface area (Å²) < 4.78 is 19.7. The summed E-state index contributed by atoms with van der Waals surface area (Å²) in [6, 6.07) is 8.52. The Morgan fingerprint density at radius 3 is 2.36 bits per heavy atom. The van der Waals surface area contributed by atoms with Gasteiger partial charge in [-0.3, -0.25) is 0 Å². The van der Waals surface area contributed by atoms with Crippen LogP contribution in [0.1, 0.15) is 46.6 Å². The van der Waals surface area contributed by atoms with Gasteiger partial charge in [-0.1, -0.05) is 44.2 Å². The second-order valence-electron chi connectivity index (χ2n) is 6.77. The number of ether oxygens (including phenoxy) is 1. The van der Waals surface area contributed by atoms with Crippen molar-refractivity contribution < 1.29 is 13.9 Å². The van der Waals surface area contributed by atoms with Crippen molar-refractivity contribution in [2.24, 2.45) is 5.92 Å². The highest BCUT2D eigenvalue weighted by molar-refractivity contribution is 5.69. The summed E-state index contributed by atoms with van der Waals surface area (Å²) in [6.45, 7) is 9.31. The number of hydrogen-bond donors (Lipinski definition) is 1. The Kier molecular flexibility index (Phi) is 6.60. The molecule has 0 saturated heterocycles. The smallest absolute Gasteiger partial charge is 0.408 e. The largest absolute Gasteiger partial charge is 0.444 e. The fourth-order valence-electron chi connectivity index (χ4n) is 1.97. The molecule has 3 nitrogen and oxygen atoms in total. The van der Waals surface area contributed by atoms with Crippen LogP contribution in [0.25, 0.3) is 6.08 Å². The fourth-order valence-corrected chi connectivity index (χ4v) is 1.97. The Hall–Kier alpha value is -1.84. The van der Waals surface area contributed by atoms with Crippen LogP contribution in [-0.4, -0.2) is 17.7 Å². The minimum atomic E-state index is -0.685. The number of rotatable bonds is 5. The molecule has 0 saturated carbocycles. The van der Waals surface area contributed by atoms with Gasteiger partial charge in [-0.25, -0.2) is 9.18 Å². The number of amides is 1. The Morgan fingerprint density at radius 2 is 1.86 bits per heavy atom. The summed E-state index contributed by atoms with van der Waals surface area (Å²) in [5.41, 5.74) is 0.159. The topological polar surface area (TPSA) is 38.3 Å². The number of nitrogens with one attached hydrogen (secondary N) is 1. The molecule has 22 heavy (non-hydrogen) atoms. The first-order valence-electron chi connectivity index (χ1n) is 7.59. The Labute approximate surface area is 132 Å². The lowest BCUT2D eigenvalue weighted by molar-refractivity contribution is 0.0502. The normalized spacial score (nSPS) is 13.9. The highest BCUT2D eigenvalue weighted by Gasteiger charge is 2.22. The molecule has 0 spiro atoms. The monoisotopic (exact) mass is 307 g/mol. The molecule has 0 aliphatic rings. The molecule has 0 bridgehead atoms. The third-order valence-electron chi connectivity index (χ3n) is 2.84. The first kappa shape index (κ1) is 18.2. The van der Waals surface area contributed by atoms with Gasteiger partial charge in [0.1, 0.15) is 11.4 Å². The van der Waals surface area contributed by atoms with E-state index < -0.39 is 17.7 Å². The molecule has 1 aromatic rings. The summed E-state index contributed by atoms with van der Waals surface area (Å²) >= 11 is 0. The van der Waals surface area contributed by atoms with Crippen molar-refractivity contribution in [2.75, 3.05) is 0 Å². The summed E-state index contributed by atoms with van der Waals surface area (Å²) in [4.78, 5) is 11.9. The van der Waals surface area contributed by atoms with Gasteiger partial charge in [-0.15, -0.1) is 0 Å². The van der Waals surface area contributed by atoms with Gasteiger partial charge in [0.15, 0.2) is 0 Å². The highest BCUT2D eigenvalue weighted by Crippen LogP contribution is 2.18. The van der Waals surface area contributed by atoms with Gasteiger partial charge < -0.3 is 10.1 Å². The molecule has 1 aromatic carbocycles. The zero-order valence-electron chi connectivity index (χ0n) is 14.0. The predicted molar refractivity (Wildman–Crippen MR) is 88.1 cm³/mol. The molecule has 0 fully saturated rings. The van der Waals surface area contributed by atoms with Crippen LogP contribution in [0.4, 0.5) is 9.18 Å². The Balaban J connectivity index is 2.83. The van der Waals surface area contributed by atoms with Crippen LogP contribution in [0, 0.1) is 5.92 Å². The molecule has 1 atom stereocenters. The first-order valence-corrected chi connectivity index (χ1v) is 7.59. The third kappa shape index (κ3) is 7.25. The standard InChI is InChI=1S/C18H26FNO2/c1-13(2)11-16(20-17(21)22-18(3,4)5)15(19)12-14-9-7-6-8-10-14/h6-10,12-13,16H,11H2,1-5H3,(H,20,21)/b15-12+. The second kappa shape index (κ2) is 7.97. The summed E-state index contributed by atoms with van der Waals surface area (Å²) in [5.74, 6) is -0.124. The molecular weight excluding hydrogens is 281 g/mol. The minimum absolute atomic E-state index is 0.245. The van der Waals surface area contributed by atoms with Crippen LogP contribution < -0.4 is 5.32 Å². The average molecular weight is 307 g/mol. The molecule has 0 heterocycles. The lowest BCUT2D eigenvalue weighted by atomic mass is 10.0. The lowest BCUT2D eigenvalue weighted by Crippen LogP contribution is -2.40. The Morgan fingerprint density at radius 1 is 1.27 bits per heavy atom. The zero-order chi connectivity index (χ0) is 16.8. The lowest BCUT2D eigenvalue weighted by Gasteiger charge is -2.24. The summed E-state index contributed by atoms with van der Waals surface area (Å²) in [7, 11) is 0. The van der Waals surface area contributed by atoms with E-state index in [9.17, 15) is 9.18 Å². The van der Waals surface area contributed by atoms with Gasteiger partial charge in [-0.2, -0.15) is 0 Å². The van der Waals surface area contributed by atoms with Gasteiger partial charge in [0, 0.05) is 0 Å². The van der Waals surface area contributed by atoms with Crippen molar-refractivity contribution >= 4 is 12.2 Å². The van der Waals surface area contributed by atoms with E-state index in [0.29, 0.717) is 6.42 Å². The molecule has 122 valence electrons. The number of benzene rings is 1. The SMILES string of the molecule is CC(C)CC(NC(=O)OC(C)(C)C)/C(F)=C\c1ccccc1. The maximum absolute atomic E-state index is 14.5. The van der Waals surface area contributed by atoms with Crippen LogP contribution in [0.2, 0.25) is 0 Å². The van der Waals surface area contributed by atoms with Crippen molar-refractivity contribution in [2.45, 2.75) is 52.7 Å². The molecule has 4 heteroatoms. The highest BCUT2D eigenvalue weighted by atomic mass is 19.1. The van der Waals surface area contributed by atoms with Gasteiger partial charge in [0.2, 0.25) is 0 Å². The molecule has 1 rings (SSSR count). The van der Waals surface area contributed by atoms with E-state index >= 15 is 0 Å². The zero-order valence-corrected chi connectivity index (χ0v) is 14.0. The van der Waals surface area contributed by atoms with Gasteiger partial charge >= 0.3 is 6.09 Å². The number of halogens is 1. The van der Waals surface area contributed by atoms with Crippen molar-refractivity contribution in [3.63, 3.8) is 0 Å². The molecule has 0 aliphatic carbocycles. The molecule has 0 aliphatic heterocycles. The van der Waals surface area contributed by atoms with E-state index in [1.807, 2.05) is 44.2 Å². The van der Waals surface area contributed by atoms with Crippen LogP contribution >= 0.6 is 0 Å². The third-order valence-corrected chi connectivity index (χ3v) is 2.84. The van der Waals surface area contributed by atoms with Crippen molar-refractivity contribution in [1.29, 1.82) is 0 Å². The maximum atomic E-state index is 14.5. The van der Waals surface area contributed by atoms with Crippen LogP contribution in [0.3, 0.4) is 0 Å². The number of alkyl carbamates (subject to hydrolysis) is 1. The van der Waals surface area contributed by atoms with E-state index in [-0.39, 0.29) is 11.7 Å². The summed E-state index contributed by atoms with van der Waals surface area (Å²) in [6.07, 6.45) is 1.36. The maximum Gasteiger partial charge on any atom is 0.408 e. The van der Waals surface area contributed by atoms with E-state index in [1.54, 1.807) is 20.8 Å². The minimum Gasteiger partial charge on any atom is -0.444 e. The fraction of sp³-hybridized carbons (Fsp3) is 0.500. The average Bonchev–Trinajstić information content (AvgIpc) is 2.36. The predicted octanol–water partition coefficient (Wildman–Crippen LogP) is 4.94. The van der Waals surface area contributed by atoms with Crippen LogP contribution in [0.5, 0.6) is 0 Å². The second-order valence-corrected chi connectivity index (χ2v) is 6.77. The number of hydrogen-bond acceptors (Lipinski definition) is 2.